The van der Waals surface area contributed by atoms with Gasteiger partial charge in [-0.1, -0.05) is 0 Å². The number of nitrogens with zero attached hydrogens (tertiary/aromatic N) is 3. The van der Waals surface area contributed by atoms with Gasteiger partial charge >= 0.3 is 0 Å². The van der Waals surface area contributed by atoms with Crippen molar-refractivity contribution < 1.29 is 13.2 Å². The van der Waals surface area contributed by atoms with Gasteiger partial charge in [-0.25, -0.2) is 8.42 Å². The van der Waals surface area contributed by atoms with Crippen molar-refractivity contribution in [1.29, 1.82) is 0 Å². The predicted octanol–water partition coefficient (Wildman–Crippen LogP) is 1.41. The number of carbonyl (C=O) groups is 1. The molecule has 0 aliphatic carbocycles. The fourth-order valence-electron chi connectivity index (χ4n) is 1.96. The van der Waals surface area contributed by atoms with Gasteiger partial charge in [-0.05, 0) is 33.8 Å². The lowest BCUT2D eigenvalue weighted by molar-refractivity contribution is -0.130. The third-order valence-electron chi connectivity index (χ3n) is 3.44. The Kier molecular flexibility index (Phi) is 5.56. The normalized spacial score (nSPS) is 12.8. The van der Waals surface area contributed by atoms with Gasteiger partial charge in [0, 0.05) is 42.7 Å². The molecule has 0 aliphatic rings. The molecular weight excluding hydrogens is 302 g/mol. The zero-order valence-corrected chi connectivity index (χ0v) is 14.9. The van der Waals surface area contributed by atoms with Crippen molar-refractivity contribution in [3.63, 3.8) is 0 Å². The van der Waals surface area contributed by atoms with E-state index in [0.29, 0.717) is 0 Å². The van der Waals surface area contributed by atoms with Crippen LogP contribution in [0.4, 0.5) is 0 Å². The monoisotopic (exact) mass is 327 g/mol. The van der Waals surface area contributed by atoms with E-state index >= 15 is 0 Å². The molecule has 0 radical (unpaired) electrons. The van der Waals surface area contributed by atoms with Crippen LogP contribution in [-0.2, 0) is 21.7 Å². The molecule has 1 aromatic rings. The number of hydrogen-bond donors (Lipinski definition) is 0. The summed E-state index contributed by atoms with van der Waals surface area (Å²) in [5, 5.41) is 4.12. The Bertz CT molecular complexity index is 667. The minimum atomic E-state index is -3.11. The Morgan fingerprint density at radius 2 is 2.00 bits per heavy atom. The molecule has 0 atom stereocenters. The van der Waals surface area contributed by atoms with E-state index in [2.05, 4.69) is 5.10 Å². The summed E-state index contributed by atoms with van der Waals surface area (Å²) in [7, 11) is -1.28. The molecule has 1 rings (SSSR count). The molecule has 0 saturated carbocycles. The van der Waals surface area contributed by atoms with Crippen LogP contribution in [-0.4, -0.2) is 53.1 Å². The van der Waals surface area contributed by atoms with Crippen LogP contribution in [0.3, 0.4) is 0 Å². The van der Waals surface area contributed by atoms with E-state index in [-0.39, 0.29) is 18.2 Å². The van der Waals surface area contributed by atoms with E-state index < -0.39 is 15.4 Å². The number of aromatic nitrogens is 2. The topological polar surface area (TPSA) is 72.3 Å². The summed E-state index contributed by atoms with van der Waals surface area (Å²) >= 11 is 0. The van der Waals surface area contributed by atoms with Gasteiger partial charge in [0.2, 0.25) is 5.91 Å². The summed E-state index contributed by atoms with van der Waals surface area (Å²) in [4.78, 5) is 14.0. The first-order valence-electron chi connectivity index (χ1n) is 7.08. The Labute approximate surface area is 132 Å². The molecule has 0 spiro atoms. The van der Waals surface area contributed by atoms with Crippen LogP contribution >= 0.6 is 0 Å². The first-order chi connectivity index (χ1) is 9.92. The molecule has 22 heavy (non-hydrogen) atoms. The maximum atomic E-state index is 12.4. The number of hydrogen-bond acceptors (Lipinski definition) is 4. The molecule has 0 aliphatic heterocycles. The van der Waals surface area contributed by atoms with Crippen LogP contribution in [0.15, 0.2) is 12.3 Å². The van der Waals surface area contributed by atoms with Crippen molar-refractivity contribution >= 4 is 21.8 Å². The molecule has 0 fully saturated rings. The molecule has 1 heterocycles. The van der Waals surface area contributed by atoms with Crippen LogP contribution in [0, 0.1) is 6.92 Å². The maximum absolute atomic E-state index is 12.4. The highest BCUT2D eigenvalue weighted by Gasteiger charge is 2.25. The zero-order valence-electron chi connectivity index (χ0n) is 14.1. The second-order valence-corrected chi connectivity index (χ2v) is 8.69. The fourth-order valence-corrected chi connectivity index (χ4v) is 2.48. The Morgan fingerprint density at radius 1 is 1.41 bits per heavy atom. The third-order valence-corrected chi connectivity index (χ3v) is 4.36. The number of amides is 1. The Morgan fingerprint density at radius 3 is 2.41 bits per heavy atom. The number of carbonyl (C=O) groups excluding carboxylic acids is 1. The second kappa shape index (κ2) is 6.64. The van der Waals surface area contributed by atoms with Gasteiger partial charge in [-0.15, -0.1) is 0 Å². The highest BCUT2D eigenvalue weighted by molar-refractivity contribution is 7.90. The summed E-state index contributed by atoms with van der Waals surface area (Å²) < 4.78 is 24.4. The summed E-state index contributed by atoms with van der Waals surface area (Å²) in [5.74, 6) is -0.255. The van der Waals surface area contributed by atoms with Crippen molar-refractivity contribution in [1.82, 2.24) is 14.7 Å². The van der Waals surface area contributed by atoms with Gasteiger partial charge in [0.05, 0.1) is 11.9 Å². The SMILES string of the molecule is Cc1c(/C=C/C(=O)N(CCS(C)(=O)=O)C(C)(C)C)cnn1C. The van der Waals surface area contributed by atoms with Gasteiger partial charge in [0.1, 0.15) is 9.84 Å². The van der Waals surface area contributed by atoms with Crippen LogP contribution < -0.4 is 0 Å². The lowest BCUT2D eigenvalue weighted by Crippen LogP contribution is -2.47. The van der Waals surface area contributed by atoms with Crippen molar-refractivity contribution in [2.45, 2.75) is 33.2 Å². The molecule has 0 unspecified atom stereocenters. The van der Waals surface area contributed by atoms with Crippen molar-refractivity contribution in [3.05, 3.63) is 23.5 Å². The van der Waals surface area contributed by atoms with Crippen molar-refractivity contribution in [2.75, 3.05) is 18.6 Å². The molecule has 0 bridgehead atoms. The standard InChI is InChI=1S/C15H25N3O3S/c1-12-13(11-16-17(12)5)7-8-14(19)18(15(2,3)4)9-10-22(6,20)21/h7-8,11H,9-10H2,1-6H3/b8-7+. The van der Waals surface area contributed by atoms with Crippen LogP contribution in [0.1, 0.15) is 32.0 Å². The molecule has 1 aromatic heterocycles. The smallest absolute Gasteiger partial charge is 0.247 e. The van der Waals surface area contributed by atoms with E-state index in [9.17, 15) is 13.2 Å². The lowest BCUT2D eigenvalue weighted by atomic mass is 10.1. The van der Waals surface area contributed by atoms with E-state index in [1.807, 2.05) is 34.7 Å². The molecule has 7 heteroatoms. The summed E-state index contributed by atoms with van der Waals surface area (Å²) in [5.41, 5.74) is 1.38. The lowest BCUT2D eigenvalue weighted by Gasteiger charge is -2.34. The molecule has 0 aromatic carbocycles. The second-order valence-electron chi connectivity index (χ2n) is 6.43. The van der Waals surface area contributed by atoms with Crippen LogP contribution in [0.25, 0.3) is 6.08 Å². The van der Waals surface area contributed by atoms with Gasteiger partial charge < -0.3 is 4.90 Å². The fraction of sp³-hybridized carbons (Fsp3) is 0.600. The van der Waals surface area contributed by atoms with Crippen molar-refractivity contribution in [2.24, 2.45) is 7.05 Å². The first-order valence-corrected chi connectivity index (χ1v) is 9.14. The average molecular weight is 327 g/mol. The molecule has 124 valence electrons. The van der Waals surface area contributed by atoms with E-state index in [4.69, 9.17) is 0 Å². The number of sulfone groups is 1. The van der Waals surface area contributed by atoms with E-state index in [1.165, 1.54) is 12.3 Å². The quantitative estimate of drug-likeness (QED) is 0.767. The molecule has 1 amide bonds. The van der Waals surface area contributed by atoms with Crippen LogP contribution in [0.2, 0.25) is 0 Å². The van der Waals surface area contributed by atoms with Gasteiger partial charge in [-0.3, -0.25) is 9.48 Å². The molecule has 6 nitrogen and oxygen atoms in total. The maximum Gasteiger partial charge on any atom is 0.247 e. The summed E-state index contributed by atoms with van der Waals surface area (Å²) in [6.07, 6.45) is 6.05. The predicted molar refractivity (Wildman–Crippen MR) is 88.2 cm³/mol. The van der Waals surface area contributed by atoms with Crippen molar-refractivity contribution in [3.8, 4) is 0 Å². The largest absolute Gasteiger partial charge is 0.333 e. The molecule has 0 saturated heterocycles. The summed E-state index contributed by atoms with van der Waals surface area (Å²) in [6, 6.07) is 0. The minimum Gasteiger partial charge on any atom is -0.333 e. The highest BCUT2D eigenvalue weighted by atomic mass is 32.2. The zero-order chi connectivity index (χ0) is 17.1. The molecule has 0 N–H and O–H groups in total. The Hall–Kier alpha value is -1.63. The highest BCUT2D eigenvalue weighted by Crippen LogP contribution is 2.15. The minimum absolute atomic E-state index is 0.0459. The van der Waals surface area contributed by atoms with E-state index in [0.717, 1.165) is 11.3 Å². The summed E-state index contributed by atoms with van der Waals surface area (Å²) in [6.45, 7) is 7.75. The van der Waals surface area contributed by atoms with Gasteiger partial charge in [-0.2, -0.15) is 5.10 Å². The van der Waals surface area contributed by atoms with Gasteiger partial charge in [0.25, 0.3) is 0 Å². The van der Waals surface area contributed by atoms with Crippen LogP contribution in [0.5, 0.6) is 0 Å². The number of aryl methyl sites for hydroxylation is 1. The number of rotatable bonds is 5. The Balaban J connectivity index is 2.91. The average Bonchev–Trinajstić information content (AvgIpc) is 2.64. The molecular formula is C15H25N3O3S. The van der Waals surface area contributed by atoms with Gasteiger partial charge in [0.15, 0.2) is 0 Å². The third kappa shape index (κ3) is 5.29. The first kappa shape index (κ1) is 18.4. The van der Waals surface area contributed by atoms with E-state index in [1.54, 1.807) is 21.9 Å².